The fourth-order valence-electron chi connectivity index (χ4n) is 6.88. The van der Waals surface area contributed by atoms with Gasteiger partial charge in [0.15, 0.2) is 0 Å². The number of nitrogens with zero attached hydrogens (tertiary/aromatic N) is 3. The van der Waals surface area contributed by atoms with Gasteiger partial charge in [0.1, 0.15) is 5.75 Å². The van der Waals surface area contributed by atoms with Gasteiger partial charge in [-0.25, -0.2) is 4.57 Å². The van der Waals surface area contributed by atoms with Crippen LogP contribution in [0.15, 0.2) is 64.8 Å². The van der Waals surface area contributed by atoms with Crippen LogP contribution < -0.4 is 15.2 Å². The average molecular weight is 658 g/mol. The lowest BCUT2D eigenvalue weighted by molar-refractivity contribution is 0.0900. The number of pyridine rings is 1. The van der Waals surface area contributed by atoms with Crippen LogP contribution in [-0.4, -0.2) is 54.7 Å². The van der Waals surface area contributed by atoms with Gasteiger partial charge in [0, 0.05) is 60.5 Å². The second kappa shape index (κ2) is 19.0. The summed E-state index contributed by atoms with van der Waals surface area (Å²) in [5.41, 5.74) is 1.75. The summed E-state index contributed by atoms with van der Waals surface area (Å²) in [5.74, 6) is 0.600. The first-order valence-corrected chi connectivity index (χ1v) is 19.3. The van der Waals surface area contributed by atoms with E-state index < -0.39 is 0 Å². The van der Waals surface area contributed by atoms with Gasteiger partial charge in [-0.2, -0.15) is 0 Å². The maximum Gasteiger partial charge on any atom is 0.257 e. The molecular weight excluding hydrogens is 603 g/mol. The molecule has 1 aliphatic heterocycles. The van der Waals surface area contributed by atoms with Crippen LogP contribution in [0, 0.1) is 0 Å². The molecule has 254 valence electrons. The molecule has 47 heavy (non-hydrogen) atoms. The van der Waals surface area contributed by atoms with Gasteiger partial charge in [0.2, 0.25) is 5.91 Å². The molecule has 0 radical (unpaired) electrons. The number of hydrogen-bond acceptors (Lipinski definition) is 6. The molecule has 7 heteroatoms. The molecule has 0 aliphatic carbocycles. The van der Waals surface area contributed by atoms with Crippen molar-refractivity contribution in [1.29, 1.82) is 0 Å². The van der Waals surface area contributed by atoms with Gasteiger partial charge in [0.25, 0.3) is 5.56 Å². The standard InChI is InChI=1S/C40H55N3O3S/c1-2-3-4-5-6-7-8-9-10-11-12-13-19-39(44)43-37-32-34(22-20-33(37)21-23-40(43)45)46-30-15-14-25-41-26-28-42(29-27-41)36-17-16-18-38-35(36)24-31-47-38/h16-18,20-24,31-32H,2-15,19,25-30H2,1H3. The Labute approximate surface area is 285 Å². The van der Waals surface area contributed by atoms with Crippen LogP contribution in [0.3, 0.4) is 0 Å². The second-order valence-electron chi connectivity index (χ2n) is 13.3. The quantitative estimate of drug-likeness (QED) is 0.0886. The molecule has 1 saturated heterocycles. The average Bonchev–Trinajstić information content (AvgIpc) is 3.58. The molecule has 2 aromatic heterocycles. The van der Waals surface area contributed by atoms with E-state index in [0.29, 0.717) is 24.3 Å². The minimum absolute atomic E-state index is 0.114. The van der Waals surface area contributed by atoms with Gasteiger partial charge in [-0.1, -0.05) is 83.6 Å². The van der Waals surface area contributed by atoms with Crippen molar-refractivity contribution in [3.05, 3.63) is 70.3 Å². The van der Waals surface area contributed by atoms with Crippen molar-refractivity contribution in [2.75, 3.05) is 44.2 Å². The summed E-state index contributed by atoms with van der Waals surface area (Å²) in [5, 5.41) is 4.44. The van der Waals surface area contributed by atoms with E-state index in [0.717, 1.165) is 70.2 Å². The van der Waals surface area contributed by atoms with E-state index >= 15 is 0 Å². The maximum absolute atomic E-state index is 13.2. The number of hydrogen-bond donors (Lipinski definition) is 0. The van der Waals surface area contributed by atoms with Crippen LogP contribution in [0.1, 0.15) is 108 Å². The van der Waals surface area contributed by atoms with E-state index in [2.05, 4.69) is 46.4 Å². The van der Waals surface area contributed by atoms with E-state index in [9.17, 15) is 9.59 Å². The fourth-order valence-corrected chi connectivity index (χ4v) is 7.69. The van der Waals surface area contributed by atoms with Crippen LogP contribution in [0.25, 0.3) is 21.0 Å². The van der Waals surface area contributed by atoms with Gasteiger partial charge < -0.3 is 9.64 Å². The predicted octanol–water partition coefficient (Wildman–Crippen LogP) is 9.93. The number of benzene rings is 2. The van der Waals surface area contributed by atoms with Crippen molar-refractivity contribution in [2.45, 2.75) is 103 Å². The molecular formula is C40H55N3O3S. The highest BCUT2D eigenvalue weighted by atomic mass is 32.1. The van der Waals surface area contributed by atoms with Crippen LogP contribution in [0.4, 0.5) is 5.69 Å². The Morgan fingerprint density at radius 2 is 1.47 bits per heavy atom. The number of anilines is 1. The normalized spacial score (nSPS) is 13.9. The molecule has 0 N–H and O–H groups in total. The first kappa shape index (κ1) is 35.2. The lowest BCUT2D eigenvalue weighted by Gasteiger charge is -2.36. The highest BCUT2D eigenvalue weighted by Crippen LogP contribution is 2.31. The molecule has 0 atom stereocenters. The molecule has 5 rings (SSSR count). The number of aromatic nitrogens is 1. The number of ether oxygens (including phenoxy) is 1. The summed E-state index contributed by atoms with van der Waals surface area (Å²) in [4.78, 5) is 31.1. The number of thiophene rings is 1. The molecule has 2 aromatic carbocycles. The Morgan fingerprint density at radius 1 is 0.766 bits per heavy atom. The summed E-state index contributed by atoms with van der Waals surface area (Å²) >= 11 is 1.81. The minimum atomic E-state index is -0.259. The largest absolute Gasteiger partial charge is 0.494 e. The van der Waals surface area contributed by atoms with Crippen molar-refractivity contribution in [3.8, 4) is 5.75 Å². The molecule has 1 aliphatic rings. The van der Waals surface area contributed by atoms with E-state index in [1.807, 2.05) is 29.5 Å². The second-order valence-corrected chi connectivity index (χ2v) is 14.2. The third-order valence-corrected chi connectivity index (χ3v) is 10.6. The van der Waals surface area contributed by atoms with Crippen LogP contribution in [0.5, 0.6) is 5.75 Å². The zero-order chi connectivity index (χ0) is 32.7. The zero-order valence-electron chi connectivity index (χ0n) is 28.6. The SMILES string of the molecule is CCCCCCCCCCCCCCC(=O)n1c(=O)ccc2ccc(OCCCCN3CCN(c4cccc5sccc45)CC3)cc21. The summed E-state index contributed by atoms with van der Waals surface area (Å²) in [6.07, 6.45) is 17.5. The zero-order valence-corrected chi connectivity index (χ0v) is 29.4. The summed E-state index contributed by atoms with van der Waals surface area (Å²) in [7, 11) is 0. The maximum atomic E-state index is 13.2. The number of fused-ring (bicyclic) bond motifs is 2. The summed E-state index contributed by atoms with van der Waals surface area (Å²) in [6, 6.07) is 17.9. The molecule has 6 nitrogen and oxygen atoms in total. The lowest BCUT2D eigenvalue weighted by atomic mass is 10.0. The number of piperazine rings is 1. The van der Waals surface area contributed by atoms with Gasteiger partial charge in [-0.15, -0.1) is 11.3 Å². The Bertz CT molecular complexity index is 1590. The Morgan fingerprint density at radius 3 is 2.21 bits per heavy atom. The highest BCUT2D eigenvalue weighted by molar-refractivity contribution is 7.17. The molecule has 4 aromatic rings. The molecule has 0 bridgehead atoms. The first-order chi connectivity index (χ1) is 23.1. The van der Waals surface area contributed by atoms with Crippen molar-refractivity contribution in [3.63, 3.8) is 0 Å². The van der Waals surface area contributed by atoms with Gasteiger partial charge in [-0.3, -0.25) is 14.5 Å². The number of unbranched alkanes of at least 4 members (excludes halogenated alkanes) is 12. The van der Waals surface area contributed by atoms with Crippen molar-refractivity contribution in [1.82, 2.24) is 9.47 Å². The van der Waals surface area contributed by atoms with Crippen LogP contribution >= 0.6 is 11.3 Å². The number of carbonyl (C=O) groups is 1. The third kappa shape index (κ3) is 10.4. The topological polar surface area (TPSA) is 54.8 Å². The smallest absolute Gasteiger partial charge is 0.257 e. The molecule has 0 saturated carbocycles. The fraction of sp³-hybridized carbons (Fsp3) is 0.550. The van der Waals surface area contributed by atoms with Crippen LogP contribution in [-0.2, 0) is 0 Å². The molecule has 0 amide bonds. The van der Waals surface area contributed by atoms with Crippen molar-refractivity contribution >= 4 is 43.9 Å². The highest BCUT2D eigenvalue weighted by Gasteiger charge is 2.18. The molecule has 0 spiro atoms. The third-order valence-electron chi connectivity index (χ3n) is 9.69. The van der Waals surface area contributed by atoms with Gasteiger partial charge in [-0.05, 0) is 73.0 Å². The number of rotatable bonds is 20. The lowest BCUT2D eigenvalue weighted by Crippen LogP contribution is -2.46. The van der Waals surface area contributed by atoms with Gasteiger partial charge in [0.05, 0.1) is 12.1 Å². The minimum Gasteiger partial charge on any atom is -0.494 e. The first-order valence-electron chi connectivity index (χ1n) is 18.4. The predicted molar refractivity (Wildman–Crippen MR) is 200 cm³/mol. The van der Waals surface area contributed by atoms with Gasteiger partial charge >= 0.3 is 0 Å². The summed E-state index contributed by atoms with van der Waals surface area (Å²) < 4.78 is 8.83. The molecule has 1 fully saturated rings. The number of carbonyl (C=O) groups excluding carboxylic acids is 1. The van der Waals surface area contributed by atoms with Crippen molar-refractivity contribution < 1.29 is 9.53 Å². The van der Waals surface area contributed by atoms with E-state index in [1.165, 1.54) is 84.2 Å². The van der Waals surface area contributed by atoms with E-state index in [-0.39, 0.29) is 11.5 Å². The van der Waals surface area contributed by atoms with Crippen molar-refractivity contribution in [2.24, 2.45) is 0 Å². The Kier molecular flexibility index (Phi) is 14.2. The molecule has 0 unspecified atom stereocenters. The van der Waals surface area contributed by atoms with E-state index in [1.54, 1.807) is 6.07 Å². The van der Waals surface area contributed by atoms with Crippen LogP contribution in [0.2, 0.25) is 0 Å². The monoisotopic (exact) mass is 657 g/mol. The summed E-state index contributed by atoms with van der Waals surface area (Å²) in [6.45, 7) is 8.23. The molecule has 3 heterocycles. The Hall–Kier alpha value is -3.16. The van der Waals surface area contributed by atoms with E-state index in [4.69, 9.17) is 4.74 Å². The Balaban J connectivity index is 0.994.